The lowest BCUT2D eigenvalue weighted by Gasteiger charge is -2.48. The molecule has 37 heavy (non-hydrogen) atoms. The van der Waals surface area contributed by atoms with Crippen LogP contribution in [0.5, 0.6) is 5.75 Å². The van der Waals surface area contributed by atoms with Crippen molar-refractivity contribution in [1.29, 1.82) is 0 Å². The van der Waals surface area contributed by atoms with E-state index >= 15 is 0 Å². The van der Waals surface area contributed by atoms with Gasteiger partial charge in [-0.05, 0) is 37.0 Å². The number of ether oxygens (including phenoxy) is 6. The molecule has 0 aromatic heterocycles. The summed E-state index contributed by atoms with van der Waals surface area (Å²) in [6.45, 7) is 4.19. The minimum absolute atomic E-state index is 0.00862. The number of aliphatic hydroxyl groups is 1. The van der Waals surface area contributed by atoms with Crippen molar-refractivity contribution in [3.8, 4) is 5.75 Å². The summed E-state index contributed by atoms with van der Waals surface area (Å²) in [6.07, 6.45) is -2.60. The number of esters is 4. The highest BCUT2D eigenvalue weighted by molar-refractivity contribution is 5.68. The zero-order valence-corrected chi connectivity index (χ0v) is 21.9. The number of methoxy groups -OCH3 is 1. The maximum Gasteiger partial charge on any atom is 0.303 e. The zero-order chi connectivity index (χ0) is 27.6. The summed E-state index contributed by atoms with van der Waals surface area (Å²) in [7, 11) is 1.60. The van der Waals surface area contributed by atoms with Gasteiger partial charge in [-0.1, -0.05) is 18.6 Å². The molecule has 11 heteroatoms. The van der Waals surface area contributed by atoms with Crippen LogP contribution in [-0.2, 0) is 49.3 Å². The summed E-state index contributed by atoms with van der Waals surface area (Å²) in [4.78, 5) is 47.1. The molecule has 0 bridgehead atoms. The van der Waals surface area contributed by atoms with Gasteiger partial charge in [0.1, 0.15) is 18.5 Å². The van der Waals surface area contributed by atoms with Crippen LogP contribution in [0.25, 0.3) is 0 Å². The van der Waals surface area contributed by atoms with E-state index in [1.54, 1.807) is 7.11 Å². The molecule has 1 aromatic rings. The Labute approximate surface area is 216 Å². The molecule has 0 aliphatic carbocycles. The number of unbranched alkanes of at least 4 members (excludes halogenated alkanes) is 2. The number of rotatable bonds is 12. The molecule has 1 fully saturated rings. The third kappa shape index (κ3) is 9.32. The van der Waals surface area contributed by atoms with Crippen molar-refractivity contribution in [3.05, 3.63) is 29.8 Å². The van der Waals surface area contributed by atoms with E-state index in [2.05, 4.69) is 0 Å². The van der Waals surface area contributed by atoms with E-state index in [4.69, 9.17) is 28.4 Å². The quantitative estimate of drug-likeness (QED) is 0.244. The fraction of sp³-hybridized carbons (Fsp3) is 0.615. The van der Waals surface area contributed by atoms with Gasteiger partial charge in [0.25, 0.3) is 0 Å². The topological polar surface area (TPSA) is 144 Å². The van der Waals surface area contributed by atoms with E-state index in [0.717, 1.165) is 44.9 Å². The molecule has 0 amide bonds. The second-order valence-corrected chi connectivity index (χ2v) is 8.89. The Balaban J connectivity index is 2.20. The van der Waals surface area contributed by atoms with Gasteiger partial charge < -0.3 is 33.5 Å². The molecular formula is C26H36O11. The highest BCUT2D eigenvalue weighted by atomic mass is 16.7. The van der Waals surface area contributed by atoms with Gasteiger partial charge >= 0.3 is 23.9 Å². The normalized spacial score (nSPS) is 25.0. The minimum Gasteiger partial charge on any atom is -0.497 e. The molecule has 0 unspecified atom stereocenters. The average Bonchev–Trinajstić information content (AvgIpc) is 2.81. The van der Waals surface area contributed by atoms with Crippen LogP contribution in [-0.4, -0.2) is 72.9 Å². The average molecular weight is 525 g/mol. The van der Waals surface area contributed by atoms with Gasteiger partial charge in [0, 0.05) is 34.1 Å². The van der Waals surface area contributed by atoms with Crippen LogP contribution >= 0.6 is 0 Å². The summed E-state index contributed by atoms with van der Waals surface area (Å²) >= 11 is 0. The lowest BCUT2D eigenvalue weighted by Crippen LogP contribution is -2.68. The van der Waals surface area contributed by atoms with Crippen LogP contribution in [0.2, 0.25) is 0 Å². The van der Waals surface area contributed by atoms with E-state index in [9.17, 15) is 24.3 Å². The van der Waals surface area contributed by atoms with E-state index in [1.807, 2.05) is 24.3 Å². The second-order valence-electron chi connectivity index (χ2n) is 8.89. The first-order valence-corrected chi connectivity index (χ1v) is 12.1. The molecular weight excluding hydrogens is 488 g/mol. The maximum absolute atomic E-state index is 11.9. The van der Waals surface area contributed by atoms with Gasteiger partial charge in [0.05, 0.1) is 7.11 Å². The Bertz CT molecular complexity index is 929. The van der Waals surface area contributed by atoms with Gasteiger partial charge in [-0.2, -0.15) is 0 Å². The molecule has 1 heterocycles. The van der Waals surface area contributed by atoms with Gasteiger partial charge in [0.2, 0.25) is 5.79 Å². The standard InChI is InChI=1S/C26H36O11/c1-16(27)33-15-22-23(34-17(2)28)24(35-18(3)29)25(36-19(4)30)26(31,37-22)14-8-6-7-9-20-10-12-21(32-5)13-11-20/h10-13,22-25,31H,6-9,14-15H2,1-5H3/t22-,23-,24+,25-,26-/m1/s1. The van der Waals surface area contributed by atoms with Crippen LogP contribution in [0.15, 0.2) is 24.3 Å². The summed E-state index contributed by atoms with van der Waals surface area (Å²) in [5.74, 6) is -4.21. The number of hydrogen-bond donors (Lipinski definition) is 1. The van der Waals surface area contributed by atoms with E-state index in [-0.39, 0.29) is 6.42 Å². The molecule has 206 valence electrons. The fourth-order valence-electron chi connectivity index (χ4n) is 4.24. The summed E-state index contributed by atoms with van der Waals surface area (Å²) in [6, 6.07) is 7.72. The lowest BCUT2D eigenvalue weighted by atomic mass is 9.88. The number of aryl methyl sites for hydroxylation is 1. The molecule has 1 aliphatic heterocycles. The van der Waals surface area contributed by atoms with Gasteiger partial charge in [-0.3, -0.25) is 19.2 Å². The Morgan fingerprint density at radius 1 is 0.838 bits per heavy atom. The second kappa shape index (κ2) is 13.9. The predicted octanol–water partition coefficient (Wildman–Crippen LogP) is 2.24. The molecule has 11 nitrogen and oxygen atoms in total. The van der Waals surface area contributed by atoms with Crippen LogP contribution < -0.4 is 4.74 Å². The third-order valence-electron chi connectivity index (χ3n) is 5.80. The van der Waals surface area contributed by atoms with Crippen molar-refractivity contribution in [3.63, 3.8) is 0 Å². The smallest absolute Gasteiger partial charge is 0.303 e. The van der Waals surface area contributed by atoms with Gasteiger partial charge in [-0.25, -0.2) is 0 Å². The van der Waals surface area contributed by atoms with Crippen molar-refractivity contribution in [2.24, 2.45) is 0 Å². The summed E-state index contributed by atoms with van der Waals surface area (Å²) < 4.78 is 32.1. The molecule has 0 spiro atoms. The molecule has 0 saturated carbocycles. The van der Waals surface area contributed by atoms with Crippen molar-refractivity contribution in [1.82, 2.24) is 0 Å². The van der Waals surface area contributed by atoms with Gasteiger partial charge in [0.15, 0.2) is 18.3 Å². The van der Waals surface area contributed by atoms with E-state index in [1.165, 1.54) is 6.92 Å². The number of benzene rings is 1. The number of carbonyl (C=O) groups excluding carboxylic acids is 4. The minimum atomic E-state index is -2.10. The fourth-order valence-corrected chi connectivity index (χ4v) is 4.24. The molecule has 1 aromatic carbocycles. The summed E-state index contributed by atoms with van der Waals surface area (Å²) in [5, 5.41) is 11.5. The first-order chi connectivity index (χ1) is 17.4. The van der Waals surface area contributed by atoms with Crippen molar-refractivity contribution >= 4 is 23.9 Å². The molecule has 5 atom stereocenters. The van der Waals surface area contributed by atoms with E-state index in [0.29, 0.717) is 12.8 Å². The first-order valence-electron chi connectivity index (χ1n) is 12.1. The Morgan fingerprint density at radius 3 is 1.97 bits per heavy atom. The SMILES string of the molecule is COc1ccc(CCCCC[C@@]2(O)O[C@H](COC(C)=O)[C@@H](OC(C)=O)[C@H](OC(C)=O)[C@H]2OC(C)=O)cc1. The molecule has 1 N–H and O–H groups in total. The van der Waals surface area contributed by atoms with E-state index < -0.39 is 60.7 Å². The Kier molecular flexibility index (Phi) is 11.3. The highest BCUT2D eigenvalue weighted by Gasteiger charge is 2.59. The largest absolute Gasteiger partial charge is 0.497 e. The Hall–Kier alpha value is -3.18. The lowest BCUT2D eigenvalue weighted by molar-refractivity contribution is -0.354. The molecule has 1 saturated heterocycles. The molecule has 1 aliphatic rings. The predicted molar refractivity (Wildman–Crippen MR) is 128 cm³/mol. The summed E-state index contributed by atoms with van der Waals surface area (Å²) in [5.41, 5.74) is 1.13. The monoisotopic (exact) mass is 524 g/mol. The number of carbonyl (C=O) groups is 4. The van der Waals surface area contributed by atoms with Crippen LogP contribution in [0.3, 0.4) is 0 Å². The highest BCUT2D eigenvalue weighted by Crippen LogP contribution is 2.37. The number of hydrogen-bond acceptors (Lipinski definition) is 11. The van der Waals surface area contributed by atoms with Gasteiger partial charge in [-0.15, -0.1) is 0 Å². The third-order valence-corrected chi connectivity index (χ3v) is 5.80. The van der Waals surface area contributed by atoms with Crippen molar-refractivity contribution in [2.45, 2.75) is 90.0 Å². The molecule has 2 rings (SSSR count). The van der Waals surface area contributed by atoms with Crippen molar-refractivity contribution in [2.75, 3.05) is 13.7 Å². The van der Waals surface area contributed by atoms with Crippen LogP contribution in [0.4, 0.5) is 0 Å². The first kappa shape index (κ1) is 30.0. The van der Waals surface area contributed by atoms with Crippen LogP contribution in [0, 0.1) is 0 Å². The zero-order valence-electron chi connectivity index (χ0n) is 21.9. The maximum atomic E-state index is 11.9. The Morgan fingerprint density at radius 2 is 1.43 bits per heavy atom. The van der Waals surface area contributed by atoms with Crippen molar-refractivity contribution < 1.29 is 52.7 Å². The van der Waals surface area contributed by atoms with Crippen LogP contribution in [0.1, 0.15) is 58.9 Å². The molecule has 0 radical (unpaired) electrons.